The number of ether oxygens (including phenoxy) is 2. The van der Waals surface area contributed by atoms with E-state index in [1.165, 1.54) is 5.01 Å². The van der Waals surface area contributed by atoms with Crippen LogP contribution in [0.4, 0.5) is 5.69 Å². The highest BCUT2D eigenvalue weighted by atomic mass is 35.5. The molecule has 0 radical (unpaired) electrons. The van der Waals surface area contributed by atoms with Crippen molar-refractivity contribution in [3.8, 4) is 11.5 Å². The maximum Gasteiger partial charge on any atom is 0.288 e. The molecule has 0 saturated heterocycles. The summed E-state index contributed by atoms with van der Waals surface area (Å²) in [6, 6.07) is 11.1. The van der Waals surface area contributed by atoms with E-state index in [1.807, 2.05) is 37.3 Å². The van der Waals surface area contributed by atoms with Crippen LogP contribution >= 0.6 is 11.6 Å². The van der Waals surface area contributed by atoms with Gasteiger partial charge >= 0.3 is 0 Å². The van der Waals surface area contributed by atoms with Crippen molar-refractivity contribution in [3.05, 3.63) is 52.5 Å². The van der Waals surface area contributed by atoms with Crippen molar-refractivity contribution >= 4 is 34.9 Å². The summed E-state index contributed by atoms with van der Waals surface area (Å²) in [6.07, 6.45) is 0.552. The number of halogens is 1. The number of aryl methyl sites for hydroxylation is 1. The molecule has 2 amide bonds. The third-order valence-corrected chi connectivity index (χ3v) is 4.98. The molecular weight excluding hydrogens is 408 g/mol. The molecule has 2 aliphatic heterocycles. The Bertz CT molecular complexity index is 1010. The Labute approximate surface area is 178 Å². The topological polar surface area (TPSA) is 92.3 Å². The first-order valence-corrected chi connectivity index (χ1v) is 9.96. The number of anilines is 1. The molecule has 2 N–H and O–H groups in total. The fourth-order valence-electron chi connectivity index (χ4n) is 3.16. The van der Waals surface area contributed by atoms with Crippen LogP contribution in [0.25, 0.3) is 0 Å². The van der Waals surface area contributed by atoms with E-state index >= 15 is 0 Å². The number of nitrogens with one attached hydrogen (secondary N) is 2. The average molecular weight is 429 g/mol. The molecule has 9 heteroatoms. The second-order valence-electron chi connectivity index (χ2n) is 6.95. The molecule has 0 aliphatic carbocycles. The van der Waals surface area contributed by atoms with Crippen LogP contribution in [0.3, 0.4) is 0 Å². The van der Waals surface area contributed by atoms with E-state index in [9.17, 15) is 9.59 Å². The van der Waals surface area contributed by atoms with Gasteiger partial charge in [0.15, 0.2) is 11.5 Å². The van der Waals surface area contributed by atoms with Crippen molar-refractivity contribution in [1.29, 1.82) is 0 Å². The van der Waals surface area contributed by atoms with Crippen LogP contribution < -0.4 is 25.2 Å². The molecule has 0 spiro atoms. The van der Waals surface area contributed by atoms with E-state index in [0.29, 0.717) is 48.4 Å². The number of amidine groups is 1. The first kappa shape index (κ1) is 20.0. The highest BCUT2D eigenvalue weighted by Gasteiger charge is 2.25. The third kappa shape index (κ3) is 4.33. The lowest BCUT2D eigenvalue weighted by Gasteiger charge is -2.27. The number of carbonyl (C=O) groups is 2. The molecule has 8 nitrogen and oxygen atoms in total. The van der Waals surface area contributed by atoms with Gasteiger partial charge in [-0.25, -0.2) is 5.01 Å². The summed E-state index contributed by atoms with van der Waals surface area (Å²) in [7, 11) is 0. The molecule has 2 heterocycles. The summed E-state index contributed by atoms with van der Waals surface area (Å²) in [4.78, 5) is 28.7. The largest absolute Gasteiger partial charge is 0.486 e. The van der Waals surface area contributed by atoms with Gasteiger partial charge in [0.1, 0.15) is 19.8 Å². The van der Waals surface area contributed by atoms with Crippen molar-refractivity contribution < 1.29 is 19.1 Å². The molecule has 4 rings (SSSR count). The number of benzene rings is 2. The van der Waals surface area contributed by atoms with Gasteiger partial charge in [-0.05, 0) is 43.2 Å². The Hall–Kier alpha value is -3.26. The van der Waals surface area contributed by atoms with Crippen molar-refractivity contribution in [2.45, 2.75) is 13.3 Å². The first-order valence-electron chi connectivity index (χ1n) is 9.58. The Morgan fingerprint density at radius 2 is 2.00 bits per heavy atom. The smallest absolute Gasteiger partial charge is 0.288 e. The highest BCUT2D eigenvalue weighted by Crippen LogP contribution is 2.38. The lowest BCUT2D eigenvalue weighted by molar-refractivity contribution is -0.118. The fourth-order valence-corrected chi connectivity index (χ4v) is 3.45. The molecule has 0 fully saturated rings. The van der Waals surface area contributed by atoms with Gasteiger partial charge < -0.3 is 14.8 Å². The predicted octanol–water partition coefficient (Wildman–Crippen LogP) is 2.03. The number of hydrogen-bond donors (Lipinski definition) is 2. The quantitative estimate of drug-likeness (QED) is 0.760. The second-order valence-corrected chi connectivity index (χ2v) is 7.36. The molecular formula is C21H21ClN4O4. The summed E-state index contributed by atoms with van der Waals surface area (Å²) in [6.45, 7) is 3.18. The molecule has 2 aromatic carbocycles. The maximum absolute atomic E-state index is 12.5. The first-order chi connectivity index (χ1) is 14.5. The molecule has 0 unspecified atom stereocenters. The SMILES string of the molecule is Cc1ccc(N2NC(C(=O)NCCc3cc(Cl)c4c(c3)OCCO4)=NCC2=O)cc1. The average Bonchev–Trinajstić information content (AvgIpc) is 2.75. The minimum Gasteiger partial charge on any atom is -0.486 e. The van der Waals surface area contributed by atoms with Crippen molar-refractivity contribution in [2.75, 3.05) is 31.3 Å². The van der Waals surface area contributed by atoms with Gasteiger partial charge in [0.2, 0.25) is 5.84 Å². The molecule has 0 bridgehead atoms. The van der Waals surface area contributed by atoms with Crippen LogP contribution in [0.5, 0.6) is 11.5 Å². The Kier molecular flexibility index (Phi) is 5.76. The van der Waals surface area contributed by atoms with Crippen molar-refractivity contribution in [2.24, 2.45) is 4.99 Å². The Balaban J connectivity index is 1.35. The van der Waals surface area contributed by atoms with Crippen molar-refractivity contribution in [3.63, 3.8) is 0 Å². The third-order valence-electron chi connectivity index (χ3n) is 4.70. The molecule has 2 aromatic rings. The van der Waals surface area contributed by atoms with E-state index in [2.05, 4.69) is 15.7 Å². The fraction of sp³-hybridized carbons (Fsp3) is 0.286. The number of nitrogens with zero attached hydrogens (tertiary/aromatic N) is 2. The van der Waals surface area contributed by atoms with Gasteiger partial charge in [-0.1, -0.05) is 29.3 Å². The van der Waals surface area contributed by atoms with E-state index < -0.39 is 0 Å². The van der Waals surface area contributed by atoms with Crippen LogP contribution in [0.2, 0.25) is 5.02 Å². The monoisotopic (exact) mass is 428 g/mol. The summed E-state index contributed by atoms with van der Waals surface area (Å²) >= 11 is 6.25. The zero-order valence-electron chi connectivity index (χ0n) is 16.4. The summed E-state index contributed by atoms with van der Waals surface area (Å²) in [5.74, 6) is 0.637. The van der Waals surface area contributed by atoms with Gasteiger partial charge in [-0.2, -0.15) is 0 Å². The van der Waals surface area contributed by atoms with Crippen LogP contribution in [-0.4, -0.2) is 44.0 Å². The van der Waals surface area contributed by atoms with E-state index in [-0.39, 0.29) is 24.2 Å². The van der Waals surface area contributed by atoms with E-state index in [0.717, 1.165) is 11.1 Å². The van der Waals surface area contributed by atoms with E-state index in [1.54, 1.807) is 6.07 Å². The number of fused-ring (bicyclic) bond motifs is 1. The number of amides is 2. The number of carbonyl (C=O) groups excluding carboxylic acids is 2. The minimum atomic E-state index is -0.386. The van der Waals surface area contributed by atoms with E-state index in [4.69, 9.17) is 21.1 Å². The van der Waals surface area contributed by atoms with Gasteiger partial charge in [0, 0.05) is 6.54 Å². The number of hydrazine groups is 1. The number of rotatable bonds is 5. The summed E-state index contributed by atoms with van der Waals surface area (Å²) in [5, 5.41) is 4.63. The van der Waals surface area contributed by atoms with Crippen LogP contribution in [-0.2, 0) is 16.0 Å². The predicted molar refractivity (Wildman–Crippen MR) is 113 cm³/mol. The van der Waals surface area contributed by atoms with Crippen molar-refractivity contribution in [1.82, 2.24) is 10.7 Å². The standard InChI is InChI=1S/C21H21ClN4O4/c1-13-2-4-15(5-3-13)26-18(27)12-24-20(25-26)21(28)23-7-6-14-10-16(22)19-17(11-14)29-8-9-30-19/h2-5,10-11H,6-9,12H2,1H3,(H,23,28)(H,24,25). The van der Waals surface area contributed by atoms with Crippen LogP contribution in [0, 0.1) is 6.92 Å². The lowest BCUT2D eigenvalue weighted by atomic mass is 10.1. The zero-order valence-corrected chi connectivity index (χ0v) is 17.2. The highest BCUT2D eigenvalue weighted by molar-refractivity contribution is 6.39. The second kappa shape index (κ2) is 8.62. The Morgan fingerprint density at radius 3 is 2.80 bits per heavy atom. The molecule has 2 aliphatic rings. The van der Waals surface area contributed by atoms with Gasteiger partial charge in [-0.3, -0.25) is 20.0 Å². The molecule has 30 heavy (non-hydrogen) atoms. The Morgan fingerprint density at radius 1 is 1.23 bits per heavy atom. The van der Waals surface area contributed by atoms with Gasteiger partial charge in [-0.15, -0.1) is 0 Å². The molecule has 0 saturated carbocycles. The van der Waals surface area contributed by atoms with Crippen LogP contribution in [0.1, 0.15) is 11.1 Å². The minimum absolute atomic E-state index is 0.0929. The zero-order chi connectivity index (χ0) is 21.1. The summed E-state index contributed by atoms with van der Waals surface area (Å²) in [5.41, 5.74) is 5.45. The molecule has 0 atom stereocenters. The van der Waals surface area contributed by atoms with Gasteiger partial charge in [0.05, 0.1) is 10.7 Å². The maximum atomic E-state index is 12.5. The normalized spacial score (nSPS) is 15.3. The lowest BCUT2D eigenvalue weighted by Crippen LogP contribution is -2.55. The van der Waals surface area contributed by atoms with Gasteiger partial charge in [0.25, 0.3) is 11.8 Å². The number of hydrogen-bond acceptors (Lipinski definition) is 6. The number of aliphatic imine (C=N–C) groups is 1. The summed E-state index contributed by atoms with van der Waals surface area (Å²) < 4.78 is 11.1. The molecule has 156 valence electrons. The molecule has 0 aromatic heterocycles. The van der Waals surface area contributed by atoms with Crippen LogP contribution in [0.15, 0.2) is 41.4 Å².